The van der Waals surface area contributed by atoms with E-state index in [9.17, 15) is 4.39 Å². The fraction of sp³-hybridized carbons (Fsp3) is 0.143. The Hall–Kier alpha value is -4.37. The predicted octanol–water partition coefficient (Wildman–Crippen LogP) is 7.47. The molecule has 0 radical (unpaired) electrons. The number of benzene rings is 3. The van der Waals surface area contributed by atoms with Gasteiger partial charge >= 0.3 is 0 Å². The highest BCUT2D eigenvalue weighted by Gasteiger charge is 2.46. The van der Waals surface area contributed by atoms with Gasteiger partial charge in [0.25, 0.3) is 0 Å². The van der Waals surface area contributed by atoms with E-state index in [0.717, 1.165) is 35.4 Å². The van der Waals surface area contributed by atoms with Gasteiger partial charge in [-0.05, 0) is 78.9 Å². The number of pyridine rings is 2. The predicted molar refractivity (Wildman–Crippen MR) is 150 cm³/mol. The standard InChI is InChI=1S/C35H29FN2/c1-23-20-34-28-18-16-27(36)21-26(28)15-17-31-29-12-6-7-13-30(29)33-14-8-9-19-37(33)35(31)24(2)38(34)22-32(23)25-10-4-3-5-11-25/h3-14,16,18-22,31,35H,2,15,17H2,1H3/q+2. The van der Waals surface area contributed by atoms with Crippen LogP contribution in [0, 0.1) is 12.7 Å². The van der Waals surface area contributed by atoms with Crippen molar-refractivity contribution in [1.82, 2.24) is 0 Å². The smallest absolute Gasteiger partial charge is 0.207 e. The van der Waals surface area contributed by atoms with Gasteiger partial charge in [-0.1, -0.05) is 48.5 Å². The third-order valence-corrected chi connectivity index (χ3v) is 8.31. The van der Waals surface area contributed by atoms with Crippen molar-refractivity contribution in [1.29, 1.82) is 0 Å². The first-order chi connectivity index (χ1) is 18.6. The van der Waals surface area contributed by atoms with Crippen LogP contribution in [0.25, 0.3) is 39.3 Å². The number of aryl methyl sites for hydroxylation is 2. The van der Waals surface area contributed by atoms with Gasteiger partial charge in [-0.15, -0.1) is 0 Å². The molecule has 2 unspecified atom stereocenters. The van der Waals surface area contributed by atoms with Gasteiger partial charge in [0.05, 0.1) is 11.5 Å². The van der Waals surface area contributed by atoms with Crippen LogP contribution in [0.2, 0.25) is 0 Å². The second-order valence-corrected chi connectivity index (χ2v) is 10.5. The first kappa shape index (κ1) is 22.8. The summed E-state index contributed by atoms with van der Waals surface area (Å²) in [7, 11) is 0. The maximum atomic E-state index is 14.6. The molecular weight excluding hydrogens is 467 g/mol. The zero-order chi connectivity index (χ0) is 25.8. The number of hydrogen-bond acceptors (Lipinski definition) is 0. The summed E-state index contributed by atoms with van der Waals surface area (Å²) in [6, 6.07) is 33.2. The normalized spacial score (nSPS) is 17.6. The van der Waals surface area contributed by atoms with Gasteiger partial charge < -0.3 is 0 Å². The fourth-order valence-electron chi connectivity index (χ4n) is 6.54. The van der Waals surface area contributed by atoms with Crippen LogP contribution >= 0.6 is 0 Å². The highest BCUT2D eigenvalue weighted by molar-refractivity contribution is 5.71. The van der Waals surface area contributed by atoms with E-state index in [4.69, 9.17) is 6.58 Å². The van der Waals surface area contributed by atoms with Gasteiger partial charge in [-0.2, -0.15) is 9.13 Å². The molecule has 2 nitrogen and oxygen atoms in total. The molecule has 5 aromatic rings. The summed E-state index contributed by atoms with van der Waals surface area (Å²) in [6.45, 7) is 6.94. The van der Waals surface area contributed by atoms with Gasteiger partial charge in [0.15, 0.2) is 12.4 Å². The molecule has 2 aliphatic heterocycles. The summed E-state index contributed by atoms with van der Waals surface area (Å²) in [6.07, 6.45) is 6.11. The molecule has 3 heteroatoms. The first-order valence-electron chi connectivity index (χ1n) is 13.3. The van der Waals surface area contributed by atoms with E-state index in [2.05, 4.69) is 101 Å². The van der Waals surface area contributed by atoms with Crippen LogP contribution in [0.15, 0.2) is 116 Å². The molecule has 0 bridgehead atoms. The largest absolute Gasteiger partial charge is 0.249 e. The second-order valence-electron chi connectivity index (χ2n) is 10.5. The fourth-order valence-corrected chi connectivity index (χ4v) is 6.54. The number of rotatable bonds is 1. The Morgan fingerprint density at radius 2 is 1.58 bits per heavy atom. The van der Waals surface area contributed by atoms with Crippen LogP contribution in [0.3, 0.4) is 0 Å². The zero-order valence-corrected chi connectivity index (χ0v) is 21.4. The maximum absolute atomic E-state index is 14.6. The van der Waals surface area contributed by atoms with E-state index >= 15 is 0 Å². The van der Waals surface area contributed by atoms with E-state index < -0.39 is 0 Å². The van der Waals surface area contributed by atoms with Crippen molar-refractivity contribution >= 4 is 5.70 Å². The molecule has 7 rings (SSSR count). The van der Waals surface area contributed by atoms with Crippen LogP contribution in [0.1, 0.15) is 35.1 Å². The Morgan fingerprint density at radius 3 is 2.45 bits per heavy atom. The van der Waals surface area contributed by atoms with Crippen molar-refractivity contribution in [3.05, 3.63) is 139 Å². The average molecular weight is 497 g/mol. The van der Waals surface area contributed by atoms with Crippen molar-refractivity contribution in [3.63, 3.8) is 0 Å². The minimum atomic E-state index is -0.189. The summed E-state index contributed by atoms with van der Waals surface area (Å²) in [5, 5.41) is 0. The minimum absolute atomic E-state index is 0.0235. The number of allylic oxidation sites excluding steroid dienone is 1. The number of aromatic nitrogens is 2. The highest BCUT2D eigenvalue weighted by Crippen LogP contribution is 2.45. The number of nitrogens with zero attached hydrogens (tertiary/aromatic N) is 2. The molecule has 0 saturated carbocycles. The second kappa shape index (κ2) is 8.88. The van der Waals surface area contributed by atoms with Gasteiger partial charge in [-0.25, -0.2) is 4.39 Å². The summed E-state index contributed by atoms with van der Waals surface area (Å²) in [5.41, 5.74) is 11.5. The highest BCUT2D eigenvalue weighted by atomic mass is 19.1. The Balaban J connectivity index is 1.53. The number of halogens is 1. The molecule has 2 atom stereocenters. The maximum Gasteiger partial charge on any atom is 0.249 e. The molecule has 0 spiro atoms. The molecule has 3 aromatic carbocycles. The summed E-state index contributed by atoms with van der Waals surface area (Å²) in [5.74, 6) is 0.0148. The Labute approximate surface area is 223 Å². The quantitative estimate of drug-likeness (QED) is 0.213. The molecule has 2 aromatic heterocycles. The van der Waals surface area contributed by atoms with Crippen molar-refractivity contribution in [2.24, 2.45) is 0 Å². The monoisotopic (exact) mass is 496 g/mol. The zero-order valence-electron chi connectivity index (χ0n) is 21.4. The molecule has 0 N–H and O–H groups in total. The summed E-state index contributed by atoms with van der Waals surface area (Å²) < 4.78 is 19.3. The van der Waals surface area contributed by atoms with Crippen molar-refractivity contribution in [2.45, 2.75) is 31.7 Å². The Kier molecular flexibility index (Phi) is 5.33. The third kappa shape index (κ3) is 3.53. The van der Waals surface area contributed by atoms with Gasteiger partial charge in [-0.3, -0.25) is 0 Å². The van der Waals surface area contributed by atoms with Crippen LogP contribution in [0.4, 0.5) is 4.39 Å². The Morgan fingerprint density at radius 1 is 0.789 bits per heavy atom. The van der Waals surface area contributed by atoms with E-state index in [0.29, 0.717) is 0 Å². The lowest BCUT2D eigenvalue weighted by molar-refractivity contribution is -0.727. The van der Waals surface area contributed by atoms with E-state index in [1.807, 2.05) is 12.1 Å². The van der Waals surface area contributed by atoms with Gasteiger partial charge in [0.2, 0.25) is 23.1 Å². The topological polar surface area (TPSA) is 7.76 Å². The van der Waals surface area contributed by atoms with E-state index in [1.165, 1.54) is 33.5 Å². The van der Waals surface area contributed by atoms with Crippen LogP contribution in [-0.4, -0.2) is 0 Å². The summed E-state index contributed by atoms with van der Waals surface area (Å²) >= 11 is 0. The molecule has 0 fully saturated rings. The van der Waals surface area contributed by atoms with Crippen molar-refractivity contribution in [3.8, 4) is 33.6 Å². The molecule has 184 valence electrons. The minimum Gasteiger partial charge on any atom is -0.207 e. The first-order valence-corrected chi connectivity index (χ1v) is 13.3. The molecular formula is C35H29FN2+2. The third-order valence-electron chi connectivity index (χ3n) is 8.31. The van der Waals surface area contributed by atoms with Gasteiger partial charge in [0, 0.05) is 29.3 Å². The SMILES string of the molecule is C=C1C2C(CCc3cc(F)ccc3-c3cc(C)c(-c4ccccc4)c[n+]31)c1ccccc1-c1cccc[n+]12. The molecule has 38 heavy (non-hydrogen) atoms. The number of fused-ring (bicyclic) bond motifs is 9. The van der Waals surface area contributed by atoms with E-state index in [1.54, 1.807) is 12.1 Å². The van der Waals surface area contributed by atoms with Crippen molar-refractivity contribution in [2.75, 3.05) is 0 Å². The number of hydrogen-bond donors (Lipinski definition) is 0. The van der Waals surface area contributed by atoms with Crippen LogP contribution < -0.4 is 9.13 Å². The lowest BCUT2D eigenvalue weighted by Gasteiger charge is -2.29. The van der Waals surface area contributed by atoms with E-state index in [-0.39, 0.29) is 17.8 Å². The lowest BCUT2D eigenvalue weighted by atomic mass is 9.78. The molecule has 2 aliphatic rings. The van der Waals surface area contributed by atoms with Crippen LogP contribution in [0.5, 0.6) is 0 Å². The van der Waals surface area contributed by atoms with Gasteiger partial charge in [0.1, 0.15) is 5.82 Å². The lowest BCUT2D eigenvalue weighted by Crippen LogP contribution is -2.53. The van der Waals surface area contributed by atoms with Crippen LogP contribution in [-0.2, 0) is 6.42 Å². The summed E-state index contributed by atoms with van der Waals surface area (Å²) in [4.78, 5) is 0. The molecule has 0 saturated heterocycles. The molecule has 0 amide bonds. The molecule has 0 aliphatic carbocycles. The Bertz CT molecular complexity index is 1720. The van der Waals surface area contributed by atoms with Crippen molar-refractivity contribution < 1.29 is 13.5 Å². The molecule has 4 heterocycles. The average Bonchev–Trinajstić information content (AvgIpc) is 3.00.